The van der Waals surface area contributed by atoms with E-state index in [1.807, 2.05) is 12.1 Å². The van der Waals surface area contributed by atoms with Gasteiger partial charge in [0.15, 0.2) is 0 Å². The summed E-state index contributed by atoms with van der Waals surface area (Å²) < 4.78 is 0. The van der Waals surface area contributed by atoms with Crippen LogP contribution in [0.2, 0.25) is 5.02 Å². The Bertz CT molecular complexity index is 393. The summed E-state index contributed by atoms with van der Waals surface area (Å²) in [5, 5.41) is 0.808. The lowest BCUT2D eigenvalue weighted by Gasteiger charge is -2.24. The van der Waals surface area contributed by atoms with Crippen LogP contribution in [0.5, 0.6) is 0 Å². The predicted molar refractivity (Wildman–Crippen MR) is 75.3 cm³/mol. The van der Waals surface area contributed by atoms with Crippen molar-refractivity contribution >= 4 is 28.9 Å². The Kier molecular flexibility index (Phi) is 4.18. The zero-order valence-electron chi connectivity index (χ0n) is 10.3. The van der Waals surface area contributed by atoms with Crippen molar-refractivity contribution in [3.05, 3.63) is 28.8 Å². The number of benzene rings is 1. The fourth-order valence-corrected chi connectivity index (χ4v) is 2.92. The molecule has 94 valence electrons. The molecule has 2 rings (SSSR count). The van der Waals surface area contributed by atoms with Gasteiger partial charge in [-0.15, -0.1) is 11.6 Å². The largest absolute Gasteiger partial charge is 0.368 e. The highest BCUT2D eigenvalue weighted by Gasteiger charge is 2.26. The van der Waals surface area contributed by atoms with Crippen molar-refractivity contribution in [2.45, 2.75) is 18.3 Å². The summed E-state index contributed by atoms with van der Waals surface area (Å²) >= 11 is 12.3. The van der Waals surface area contributed by atoms with E-state index in [0.717, 1.165) is 29.4 Å². The highest BCUT2D eigenvalue weighted by molar-refractivity contribution is 6.33. The Labute approximate surface area is 113 Å². The number of anilines is 1. The molecule has 0 amide bonds. The highest BCUT2D eigenvalue weighted by Crippen LogP contribution is 2.33. The molecule has 1 atom stereocenters. The smallest absolute Gasteiger partial charge is 0.0642 e. The van der Waals surface area contributed by atoms with E-state index in [4.69, 9.17) is 23.2 Å². The average molecular weight is 273 g/mol. The molecule has 1 saturated heterocycles. The van der Waals surface area contributed by atoms with E-state index in [9.17, 15) is 0 Å². The van der Waals surface area contributed by atoms with Crippen LogP contribution in [-0.2, 0) is 5.88 Å². The van der Waals surface area contributed by atoms with Crippen molar-refractivity contribution in [1.82, 2.24) is 4.90 Å². The van der Waals surface area contributed by atoms with E-state index in [2.05, 4.69) is 30.0 Å². The Balaban J connectivity index is 2.24. The number of halogens is 2. The molecule has 0 N–H and O–H groups in total. The van der Waals surface area contributed by atoms with E-state index in [1.165, 1.54) is 6.42 Å². The molecule has 1 aromatic rings. The van der Waals surface area contributed by atoms with E-state index < -0.39 is 0 Å². The van der Waals surface area contributed by atoms with Gasteiger partial charge in [0, 0.05) is 25.0 Å². The average Bonchev–Trinajstić information content (AvgIpc) is 2.77. The fourth-order valence-electron chi connectivity index (χ4n) is 2.39. The first-order valence-electron chi connectivity index (χ1n) is 5.88. The molecule has 17 heavy (non-hydrogen) atoms. The van der Waals surface area contributed by atoms with E-state index in [-0.39, 0.29) is 0 Å². The number of likely N-dealkylation sites (N-methyl/N-ethyl adjacent to an activating group) is 1. The number of alkyl halides is 1. The Morgan fingerprint density at radius 3 is 2.76 bits per heavy atom. The third-order valence-electron chi connectivity index (χ3n) is 3.42. The quantitative estimate of drug-likeness (QED) is 0.780. The zero-order chi connectivity index (χ0) is 12.4. The minimum Gasteiger partial charge on any atom is -0.368 e. The van der Waals surface area contributed by atoms with Crippen LogP contribution < -0.4 is 4.90 Å². The van der Waals surface area contributed by atoms with Crippen LogP contribution in [0.3, 0.4) is 0 Å². The maximum absolute atomic E-state index is 6.30. The van der Waals surface area contributed by atoms with Crippen LogP contribution in [-0.4, -0.2) is 38.1 Å². The molecule has 1 unspecified atom stereocenters. The van der Waals surface area contributed by atoms with Crippen molar-refractivity contribution in [3.63, 3.8) is 0 Å². The van der Waals surface area contributed by atoms with Crippen LogP contribution >= 0.6 is 23.2 Å². The SMILES string of the molecule is CN(C)C1CCN(c2c(Cl)cccc2CCl)C1. The number of hydrogen-bond acceptors (Lipinski definition) is 2. The monoisotopic (exact) mass is 272 g/mol. The Hall–Kier alpha value is -0.440. The van der Waals surface area contributed by atoms with Crippen molar-refractivity contribution in [2.24, 2.45) is 0 Å². The summed E-state index contributed by atoms with van der Waals surface area (Å²) in [6, 6.07) is 6.56. The first kappa shape index (κ1) is 13.0. The van der Waals surface area contributed by atoms with E-state index >= 15 is 0 Å². The van der Waals surface area contributed by atoms with Gasteiger partial charge in [0.2, 0.25) is 0 Å². The molecule has 1 aliphatic heterocycles. The van der Waals surface area contributed by atoms with Crippen LogP contribution in [0.15, 0.2) is 18.2 Å². The van der Waals surface area contributed by atoms with E-state index in [1.54, 1.807) is 0 Å². The molecule has 1 fully saturated rings. The summed E-state index contributed by atoms with van der Waals surface area (Å²) in [6.07, 6.45) is 1.18. The molecule has 0 aliphatic carbocycles. The zero-order valence-corrected chi connectivity index (χ0v) is 11.8. The second kappa shape index (κ2) is 5.47. The van der Waals surface area contributed by atoms with Crippen molar-refractivity contribution in [3.8, 4) is 0 Å². The van der Waals surface area contributed by atoms with Gasteiger partial charge < -0.3 is 9.80 Å². The molecule has 1 heterocycles. The standard InChI is InChI=1S/C13H18Cl2N2/c1-16(2)11-6-7-17(9-11)13-10(8-14)4-3-5-12(13)15/h3-5,11H,6-9H2,1-2H3. The van der Waals surface area contributed by atoms with Crippen molar-refractivity contribution < 1.29 is 0 Å². The first-order chi connectivity index (χ1) is 8.13. The number of nitrogens with zero attached hydrogens (tertiary/aromatic N) is 2. The molecule has 0 spiro atoms. The molecule has 0 radical (unpaired) electrons. The van der Waals surface area contributed by atoms with Crippen LogP contribution in [0.1, 0.15) is 12.0 Å². The molecule has 1 aromatic carbocycles. The predicted octanol–water partition coefficient (Wildman–Crippen LogP) is 3.22. The van der Waals surface area contributed by atoms with Crippen molar-refractivity contribution in [1.29, 1.82) is 0 Å². The van der Waals surface area contributed by atoms with Gasteiger partial charge in [0.1, 0.15) is 0 Å². The minimum absolute atomic E-state index is 0.513. The van der Waals surface area contributed by atoms with Crippen molar-refractivity contribution in [2.75, 3.05) is 32.1 Å². The molecule has 0 bridgehead atoms. The lowest BCUT2D eigenvalue weighted by molar-refractivity contribution is 0.315. The van der Waals surface area contributed by atoms with Crippen LogP contribution in [0.25, 0.3) is 0 Å². The molecule has 2 nitrogen and oxygen atoms in total. The fraction of sp³-hybridized carbons (Fsp3) is 0.538. The second-order valence-electron chi connectivity index (χ2n) is 4.73. The van der Waals surface area contributed by atoms with Gasteiger partial charge in [-0.05, 0) is 32.1 Å². The summed E-state index contributed by atoms with van der Waals surface area (Å²) in [6.45, 7) is 2.08. The third kappa shape index (κ3) is 2.70. The summed E-state index contributed by atoms with van der Waals surface area (Å²) in [4.78, 5) is 4.63. The van der Waals surface area contributed by atoms with Gasteiger partial charge >= 0.3 is 0 Å². The summed E-state index contributed by atoms with van der Waals surface area (Å²) in [7, 11) is 4.26. The molecule has 0 saturated carbocycles. The lowest BCUT2D eigenvalue weighted by atomic mass is 10.2. The minimum atomic E-state index is 0.513. The summed E-state index contributed by atoms with van der Waals surface area (Å²) in [5.41, 5.74) is 2.24. The Morgan fingerprint density at radius 1 is 1.41 bits per heavy atom. The van der Waals surface area contributed by atoms with Gasteiger partial charge in [0.25, 0.3) is 0 Å². The normalized spacial score (nSPS) is 20.3. The maximum Gasteiger partial charge on any atom is 0.0642 e. The first-order valence-corrected chi connectivity index (χ1v) is 6.79. The lowest BCUT2D eigenvalue weighted by Crippen LogP contribution is -2.31. The highest BCUT2D eigenvalue weighted by atomic mass is 35.5. The second-order valence-corrected chi connectivity index (χ2v) is 5.41. The van der Waals surface area contributed by atoms with Gasteiger partial charge in [0.05, 0.1) is 10.7 Å². The third-order valence-corrected chi connectivity index (χ3v) is 4.02. The van der Waals surface area contributed by atoms with Gasteiger partial charge in [-0.3, -0.25) is 0 Å². The van der Waals surface area contributed by atoms with Crippen LogP contribution in [0, 0.1) is 0 Å². The number of rotatable bonds is 3. The molecule has 4 heteroatoms. The molecule has 1 aliphatic rings. The van der Waals surface area contributed by atoms with E-state index in [0.29, 0.717) is 11.9 Å². The number of hydrogen-bond donors (Lipinski definition) is 0. The molecular formula is C13H18Cl2N2. The molecule has 0 aromatic heterocycles. The number of para-hydroxylation sites is 1. The van der Waals surface area contributed by atoms with Crippen LogP contribution in [0.4, 0.5) is 5.69 Å². The summed E-state index contributed by atoms with van der Waals surface area (Å²) in [5.74, 6) is 0.513. The molecular weight excluding hydrogens is 255 g/mol. The maximum atomic E-state index is 6.30. The van der Waals surface area contributed by atoms with Gasteiger partial charge in [-0.2, -0.15) is 0 Å². The van der Waals surface area contributed by atoms with Gasteiger partial charge in [-0.25, -0.2) is 0 Å². The Morgan fingerprint density at radius 2 is 2.18 bits per heavy atom. The topological polar surface area (TPSA) is 6.48 Å². The van der Waals surface area contributed by atoms with Gasteiger partial charge in [-0.1, -0.05) is 23.7 Å².